The number of hydrogen-bond donors (Lipinski definition) is 1. The number of nitrogens with one attached hydrogen (secondary N) is 1. The van der Waals surface area contributed by atoms with Gasteiger partial charge in [-0.05, 0) is 37.3 Å². The number of esters is 1. The summed E-state index contributed by atoms with van der Waals surface area (Å²) in [4.78, 5) is 24.2. The summed E-state index contributed by atoms with van der Waals surface area (Å²) in [7, 11) is 1.43. The first-order valence-corrected chi connectivity index (χ1v) is 7.54. The van der Waals surface area contributed by atoms with Crippen molar-refractivity contribution in [1.29, 1.82) is 0 Å². The molecule has 0 heterocycles. The van der Waals surface area contributed by atoms with Crippen LogP contribution in [0.3, 0.4) is 0 Å². The fourth-order valence-corrected chi connectivity index (χ4v) is 2.11. The lowest BCUT2D eigenvalue weighted by Gasteiger charge is -2.17. The van der Waals surface area contributed by atoms with Gasteiger partial charge in [0.1, 0.15) is 5.75 Å². The number of amides is 1. The lowest BCUT2D eigenvalue weighted by molar-refractivity contribution is -0.137. The molecule has 0 aliphatic rings. The molecule has 2 aromatic carbocycles. The minimum Gasteiger partial charge on any atom is -0.497 e. The largest absolute Gasteiger partial charge is 0.497 e. The number of benzene rings is 2. The number of halogens is 3. The van der Waals surface area contributed by atoms with Crippen LogP contribution in [-0.4, -0.2) is 25.1 Å². The first-order chi connectivity index (χ1) is 12.2. The van der Waals surface area contributed by atoms with E-state index >= 15 is 0 Å². The van der Waals surface area contributed by atoms with Gasteiger partial charge in [0, 0.05) is 0 Å². The van der Waals surface area contributed by atoms with Gasteiger partial charge in [-0.15, -0.1) is 0 Å². The number of para-hydroxylation sites is 1. The van der Waals surface area contributed by atoms with Crippen LogP contribution >= 0.6 is 0 Å². The zero-order valence-electron chi connectivity index (χ0n) is 14.0. The van der Waals surface area contributed by atoms with Gasteiger partial charge in [0.2, 0.25) is 0 Å². The summed E-state index contributed by atoms with van der Waals surface area (Å²) in [5.41, 5.74) is -1.24. The van der Waals surface area contributed by atoms with E-state index in [-0.39, 0.29) is 5.56 Å². The summed E-state index contributed by atoms with van der Waals surface area (Å²) in [6, 6.07) is 10.6. The van der Waals surface area contributed by atoms with Crippen molar-refractivity contribution in [2.45, 2.75) is 19.2 Å². The maximum absolute atomic E-state index is 13.0. The van der Waals surface area contributed by atoms with Gasteiger partial charge >= 0.3 is 12.1 Å². The molecule has 5 nitrogen and oxygen atoms in total. The molecule has 0 aromatic heterocycles. The monoisotopic (exact) mass is 367 g/mol. The predicted octanol–water partition coefficient (Wildman–Crippen LogP) is 3.90. The highest BCUT2D eigenvalue weighted by atomic mass is 19.4. The molecule has 26 heavy (non-hydrogen) atoms. The molecule has 1 atom stereocenters. The number of rotatable bonds is 5. The van der Waals surface area contributed by atoms with Gasteiger partial charge in [0.05, 0.1) is 23.9 Å². The number of carbonyl (C=O) groups is 2. The molecular formula is C18H16F3NO4. The summed E-state index contributed by atoms with van der Waals surface area (Å²) in [6.45, 7) is 1.27. The van der Waals surface area contributed by atoms with Crippen molar-refractivity contribution in [3.05, 3.63) is 59.7 Å². The van der Waals surface area contributed by atoms with Crippen molar-refractivity contribution in [2.75, 3.05) is 12.4 Å². The van der Waals surface area contributed by atoms with Crippen molar-refractivity contribution < 1.29 is 32.2 Å². The van der Waals surface area contributed by atoms with E-state index in [9.17, 15) is 22.8 Å². The van der Waals surface area contributed by atoms with Crippen molar-refractivity contribution in [1.82, 2.24) is 0 Å². The second-order valence-corrected chi connectivity index (χ2v) is 5.31. The Hall–Kier alpha value is -3.03. The molecule has 0 spiro atoms. The highest BCUT2D eigenvalue weighted by Crippen LogP contribution is 2.34. The Labute approximate surface area is 147 Å². The topological polar surface area (TPSA) is 64.6 Å². The zero-order chi connectivity index (χ0) is 19.3. The van der Waals surface area contributed by atoms with Crippen LogP contribution in [0.2, 0.25) is 0 Å². The zero-order valence-corrected chi connectivity index (χ0v) is 14.0. The van der Waals surface area contributed by atoms with Crippen LogP contribution in [0.1, 0.15) is 22.8 Å². The van der Waals surface area contributed by atoms with Gasteiger partial charge in [-0.2, -0.15) is 13.2 Å². The lowest BCUT2D eigenvalue weighted by Crippen LogP contribution is -2.30. The molecule has 0 saturated carbocycles. The molecule has 0 radical (unpaired) electrons. The summed E-state index contributed by atoms with van der Waals surface area (Å²) >= 11 is 0. The minimum atomic E-state index is -4.62. The molecule has 0 aliphatic heterocycles. The van der Waals surface area contributed by atoms with Gasteiger partial charge < -0.3 is 14.8 Å². The van der Waals surface area contributed by atoms with Gasteiger partial charge in [0.15, 0.2) is 6.10 Å². The van der Waals surface area contributed by atoms with E-state index in [1.165, 1.54) is 38.3 Å². The summed E-state index contributed by atoms with van der Waals surface area (Å²) < 4.78 is 48.9. The molecule has 2 rings (SSSR count). The number of alkyl halides is 3. The van der Waals surface area contributed by atoms with Crippen LogP contribution in [0.15, 0.2) is 48.5 Å². The number of anilines is 1. The van der Waals surface area contributed by atoms with E-state index in [4.69, 9.17) is 9.47 Å². The maximum atomic E-state index is 13.0. The van der Waals surface area contributed by atoms with E-state index in [1.807, 2.05) is 0 Å². The first-order valence-electron chi connectivity index (χ1n) is 7.54. The Morgan fingerprint density at radius 1 is 1.08 bits per heavy atom. The molecule has 0 aliphatic carbocycles. The van der Waals surface area contributed by atoms with E-state index in [1.54, 1.807) is 12.1 Å². The van der Waals surface area contributed by atoms with E-state index in [2.05, 4.69) is 5.32 Å². The quantitative estimate of drug-likeness (QED) is 0.814. The number of methoxy groups -OCH3 is 1. The van der Waals surface area contributed by atoms with Crippen molar-refractivity contribution >= 4 is 17.6 Å². The molecule has 0 fully saturated rings. The van der Waals surface area contributed by atoms with Gasteiger partial charge in [-0.1, -0.05) is 18.2 Å². The molecular weight excluding hydrogens is 351 g/mol. The lowest BCUT2D eigenvalue weighted by atomic mass is 10.1. The number of carbonyl (C=O) groups excluding carboxylic acids is 2. The summed E-state index contributed by atoms with van der Waals surface area (Å²) in [6.07, 6.45) is -5.92. The Balaban J connectivity index is 2.07. The van der Waals surface area contributed by atoms with E-state index < -0.39 is 35.4 Å². The second-order valence-electron chi connectivity index (χ2n) is 5.31. The normalized spacial score (nSPS) is 12.2. The maximum Gasteiger partial charge on any atom is 0.418 e. The predicted molar refractivity (Wildman–Crippen MR) is 87.9 cm³/mol. The number of hydrogen-bond acceptors (Lipinski definition) is 4. The highest BCUT2D eigenvalue weighted by Gasteiger charge is 2.34. The molecule has 138 valence electrons. The molecule has 0 bridgehead atoms. The third-order valence-corrected chi connectivity index (χ3v) is 3.45. The fourth-order valence-electron chi connectivity index (χ4n) is 2.11. The Morgan fingerprint density at radius 3 is 2.42 bits per heavy atom. The van der Waals surface area contributed by atoms with Crippen LogP contribution in [-0.2, 0) is 15.7 Å². The molecule has 1 amide bonds. The van der Waals surface area contributed by atoms with Crippen molar-refractivity contribution in [3.63, 3.8) is 0 Å². The van der Waals surface area contributed by atoms with Crippen LogP contribution in [0, 0.1) is 0 Å². The van der Waals surface area contributed by atoms with E-state index in [0.717, 1.165) is 12.1 Å². The second kappa shape index (κ2) is 7.90. The minimum absolute atomic E-state index is 0.152. The van der Waals surface area contributed by atoms with Crippen molar-refractivity contribution in [2.24, 2.45) is 0 Å². The number of ether oxygens (including phenoxy) is 2. The SMILES string of the molecule is COc1cccc(C(=O)O[C@H](C)C(=O)Nc2ccccc2C(F)(F)F)c1. The molecule has 8 heteroatoms. The van der Waals surface area contributed by atoms with Crippen LogP contribution in [0.25, 0.3) is 0 Å². The average molecular weight is 367 g/mol. The van der Waals surface area contributed by atoms with E-state index in [0.29, 0.717) is 5.75 Å². The van der Waals surface area contributed by atoms with Crippen molar-refractivity contribution in [3.8, 4) is 5.75 Å². The average Bonchev–Trinajstić information content (AvgIpc) is 2.61. The molecule has 2 aromatic rings. The Bertz CT molecular complexity index is 805. The molecule has 0 saturated heterocycles. The first kappa shape index (κ1) is 19.3. The van der Waals surface area contributed by atoms with Crippen LogP contribution < -0.4 is 10.1 Å². The van der Waals surface area contributed by atoms with Gasteiger partial charge in [0.25, 0.3) is 5.91 Å². The summed E-state index contributed by atoms with van der Waals surface area (Å²) in [5, 5.41) is 2.14. The van der Waals surface area contributed by atoms with Crippen LogP contribution in [0.5, 0.6) is 5.75 Å². The van der Waals surface area contributed by atoms with Gasteiger partial charge in [-0.3, -0.25) is 4.79 Å². The fraction of sp³-hybridized carbons (Fsp3) is 0.222. The third-order valence-electron chi connectivity index (χ3n) is 3.45. The molecule has 0 unspecified atom stereocenters. The van der Waals surface area contributed by atoms with Crippen LogP contribution in [0.4, 0.5) is 18.9 Å². The standard InChI is InChI=1S/C18H16F3NO4/c1-11(26-17(24)12-6-5-7-13(10-12)25-2)16(23)22-15-9-4-3-8-14(15)18(19,20)21/h3-11H,1-2H3,(H,22,23)/t11-/m1/s1. The third kappa shape index (κ3) is 4.75. The molecule has 1 N–H and O–H groups in total. The summed E-state index contributed by atoms with van der Waals surface area (Å²) in [5.74, 6) is -1.25. The smallest absolute Gasteiger partial charge is 0.418 e. The van der Waals surface area contributed by atoms with Gasteiger partial charge in [-0.25, -0.2) is 4.79 Å². The highest BCUT2D eigenvalue weighted by molar-refractivity contribution is 5.97. The Morgan fingerprint density at radius 2 is 1.77 bits per heavy atom. The Kier molecular flexibility index (Phi) is 5.86.